The van der Waals surface area contributed by atoms with E-state index < -0.39 is 0 Å². The van der Waals surface area contributed by atoms with Gasteiger partial charge in [0.25, 0.3) is 0 Å². The SMILES string of the molecule is CCOC(=O)[C@@H]1CCC(C)O1. The lowest BCUT2D eigenvalue weighted by molar-refractivity contribution is -0.155. The van der Waals surface area contributed by atoms with E-state index in [4.69, 9.17) is 9.47 Å². The number of hydrogen-bond donors (Lipinski definition) is 0. The number of hydrogen-bond acceptors (Lipinski definition) is 3. The first kappa shape index (κ1) is 8.53. The zero-order valence-electron chi connectivity index (χ0n) is 7.00. The van der Waals surface area contributed by atoms with E-state index in [-0.39, 0.29) is 18.2 Å². The molecule has 0 N–H and O–H groups in total. The standard InChI is InChI=1S/C8H14O3/c1-3-10-8(9)7-5-4-6(2)11-7/h6-7H,3-5H2,1-2H3/t6?,7-/m0/s1. The molecule has 1 heterocycles. The first-order valence-electron chi connectivity index (χ1n) is 4.06. The van der Waals surface area contributed by atoms with Gasteiger partial charge in [0, 0.05) is 0 Å². The van der Waals surface area contributed by atoms with E-state index in [0.29, 0.717) is 6.61 Å². The van der Waals surface area contributed by atoms with Gasteiger partial charge in [-0.2, -0.15) is 0 Å². The minimum atomic E-state index is -0.301. The van der Waals surface area contributed by atoms with E-state index in [1.165, 1.54) is 0 Å². The van der Waals surface area contributed by atoms with Gasteiger partial charge in [-0.25, -0.2) is 4.79 Å². The average Bonchev–Trinajstić information content (AvgIpc) is 2.36. The summed E-state index contributed by atoms with van der Waals surface area (Å²) in [5.41, 5.74) is 0. The van der Waals surface area contributed by atoms with E-state index in [1.807, 2.05) is 6.92 Å². The van der Waals surface area contributed by atoms with E-state index in [0.717, 1.165) is 12.8 Å². The fraction of sp³-hybridized carbons (Fsp3) is 0.875. The Morgan fingerprint density at radius 1 is 1.64 bits per heavy atom. The van der Waals surface area contributed by atoms with Gasteiger partial charge in [0.1, 0.15) is 0 Å². The molecule has 3 heteroatoms. The summed E-state index contributed by atoms with van der Waals surface area (Å²) in [7, 11) is 0. The second-order valence-corrected chi connectivity index (χ2v) is 2.76. The van der Waals surface area contributed by atoms with Crippen molar-refractivity contribution in [2.45, 2.75) is 38.9 Å². The smallest absolute Gasteiger partial charge is 0.335 e. The topological polar surface area (TPSA) is 35.5 Å². The van der Waals surface area contributed by atoms with Crippen molar-refractivity contribution in [2.24, 2.45) is 0 Å². The van der Waals surface area contributed by atoms with Crippen molar-refractivity contribution in [3.05, 3.63) is 0 Å². The van der Waals surface area contributed by atoms with Crippen LogP contribution in [0.5, 0.6) is 0 Å². The summed E-state index contributed by atoms with van der Waals surface area (Å²) in [5, 5.41) is 0. The Morgan fingerprint density at radius 2 is 2.36 bits per heavy atom. The zero-order valence-corrected chi connectivity index (χ0v) is 7.00. The van der Waals surface area contributed by atoms with Gasteiger partial charge in [0.2, 0.25) is 0 Å². The molecule has 0 bridgehead atoms. The van der Waals surface area contributed by atoms with Gasteiger partial charge in [-0.05, 0) is 26.7 Å². The summed E-state index contributed by atoms with van der Waals surface area (Å²) in [6.07, 6.45) is 1.68. The average molecular weight is 158 g/mol. The summed E-state index contributed by atoms with van der Waals surface area (Å²) in [4.78, 5) is 11.0. The molecular weight excluding hydrogens is 144 g/mol. The fourth-order valence-electron chi connectivity index (χ4n) is 1.21. The summed E-state index contributed by atoms with van der Waals surface area (Å²) >= 11 is 0. The van der Waals surface area contributed by atoms with Gasteiger partial charge in [-0.1, -0.05) is 0 Å². The lowest BCUT2D eigenvalue weighted by atomic mass is 10.2. The third-order valence-corrected chi connectivity index (χ3v) is 1.78. The van der Waals surface area contributed by atoms with Crippen LogP contribution in [0.4, 0.5) is 0 Å². The first-order chi connectivity index (χ1) is 5.24. The van der Waals surface area contributed by atoms with Crippen LogP contribution in [-0.4, -0.2) is 24.8 Å². The monoisotopic (exact) mass is 158 g/mol. The fourth-order valence-corrected chi connectivity index (χ4v) is 1.21. The maximum absolute atomic E-state index is 11.0. The summed E-state index contributed by atoms with van der Waals surface area (Å²) in [5.74, 6) is -0.211. The van der Waals surface area contributed by atoms with Gasteiger partial charge >= 0.3 is 5.97 Å². The van der Waals surface area contributed by atoms with Crippen LogP contribution in [0.2, 0.25) is 0 Å². The van der Waals surface area contributed by atoms with E-state index in [1.54, 1.807) is 6.92 Å². The predicted octanol–water partition coefficient (Wildman–Crippen LogP) is 1.12. The molecular formula is C8H14O3. The van der Waals surface area contributed by atoms with Gasteiger partial charge in [-0.15, -0.1) is 0 Å². The van der Waals surface area contributed by atoms with Crippen molar-refractivity contribution in [1.29, 1.82) is 0 Å². The predicted molar refractivity (Wildman–Crippen MR) is 40.2 cm³/mol. The van der Waals surface area contributed by atoms with Crippen molar-refractivity contribution in [3.8, 4) is 0 Å². The molecule has 1 unspecified atom stereocenters. The van der Waals surface area contributed by atoms with E-state index in [9.17, 15) is 4.79 Å². The largest absolute Gasteiger partial charge is 0.464 e. The third kappa shape index (κ3) is 2.19. The molecule has 0 aromatic rings. The molecule has 3 nitrogen and oxygen atoms in total. The Morgan fingerprint density at radius 3 is 2.82 bits per heavy atom. The Hall–Kier alpha value is -0.570. The maximum atomic E-state index is 11.0. The number of ether oxygens (including phenoxy) is 2. The normalized spacial score (nSPS) is 30.4. The molecule has 1 aliphatic rings. The Kier molecular flexibility index (Phi) is 2.88. The highest BCUT2D eigenvalue weighted by Crippen LogP contribution is 2.19. The number of carbonyl (C=O) groups is 1. The molecule has 1 fully saturated rings. The number of esters is 1. The minimum Gasteiger partial charge on any atom is -0.464 e. The second kappa shape index (κ2) is 3.72. The maximum Gasteiger partial charge on any atom is 0.335 e. The van der Waals surface area contributed by atoms with Gasteiger partial charge in [-0.3, -0.25) is 0 Å². The quantitative estimate of drug-likeness (QED) is 0.565. The second-order valence-electron chi connectivity index (χ2n) is 2.76. The van der Waals surface area contributed by atoms with Crippen LogP contribution in [0.3, 0.4) is 0 Å². The molecule has 1 saturated heterocycles. The minimum absolute atomic E-state index is 0.211. The Labute approximate surface area is 66.7 Å². The number of carbonyl (C=O) groups excluding carboxylic acids is 1. The molecule has 0 aromatic heterocycles. The van der Waals surface area contributed by atoms with Crippen LogP contribution >= 0.6 is 0 Å². The van der Waals surface area contributed by atoms with Crippen molar-refractivity contribution >= 4 is 5.97 Å². The summed E-state index contributed by atoms with van der Waals surface area (Å²) < 4.78 is 10.1. The van der Waals surface area contributed by atoms with Crippen LogP contribution in [0.1, 0.15) is 26.7 Å². The molecule has 0 amide bonds. The molecule has 0 saturated carbocycles. The molecule has 64 valence electrons. The summed E-state index contributed by atoms with van der Waals surface area (Å²) in [6.45, 7) is 4.21. The molecule has 0 spiro atoms. The highest BCUT2D eigenvalue weighted by Gasteiger charge is 2.28. The Bertz CT molecular complexity index is 144. The lowest BCUT2D eigenvalue weighted by Crippen LogP contribution is -2.23. The molecule has 11 heavy (non-hydrogen) atoms. The van der Waals surface area contributed by atoms with E-state index >= 15 is 0 Å². The Balaban J connectivity index is 2.31. The van der Waals surface area contributed by atoms with Crippen molar-refractivity contribution in [2.75, 3.05) is 6.61 Å². The zero-order chi connectivity index (χ0) is 8.27. The van der Waals surface area contributed by atoms with Crippen LogP contribution in [0.25, 0.3) is 0 Å². The summed E-state index contributed by atoms with van der Waals surface area (Å²) in [6, 6.07) is 0. The highest BCUT2D eigenvalue weighted by molar-refractivity contribution is 5.74. The molecule has 1 aliphatic heterocycles. The van der Waals surface area contributed by atoms with E-state index in [2.05, 4.69) is 0 Å². The third-order valence-electron chi connectivity index (χ3n) is 1.78. The lowest BCUT2D eigenvalue weighted by Gasteiger charge is -2.08. The van der Waals surface area contributed by atoms with Gasteiger partial charge < -0.3 is 9.47 Å². The number of rotatable bonds is 2. The van der Waals surface area contributed by atoms with Crippen LogP contribution in [0, 0.1) is 0 Å². The van der Waals surface area contributed by atoms with Crippen LogP contribution < -0.4 is 0 Å². The molecule has 0 radical (unpaired) electrons. The first-order valence-corrected chi connectivity index (χ1v) is 4.06. The highest BCUT2D eigenvalue weighted by atomic mass is 16.6. The van der Waals surface area contributed by atoms with Crippen molar-refractivity contribution in [3.63, 3.8) is 0 Å². The van der Waals surface area contributed by atoms with Gasteiger partial charge in [0.05, 0.1) is 12.7 Å². The molecule has 0 aromatic carbocycles. The van der Waals surface area contributed by atoms with Gasteiger partial charge in [0.15, 0.2) is 6.10 Å². The molecule has 0 aliphatic carbocycles. The molecule has 1 rings (SSSR count). The van der Waals surface area contributed by atoms with Crippen LogP contribution in [-0.2, 0) is 14.3 Å². The van der Waals surface area contributed by atoms with Crippen LogP contribution in [0.15, 0.2) is 0 Å². The van der Waals surface area contributed by atoms with Crippen molar-refractivity contribution in [1.82, 2.24) is 0 Å². The molecule has 2 atom stereocenters. The van der Waals surface area contributed by atoms with Crippen molar-refractivity contribution < 1.29 is 14.3 Å².